The smallest absolute Gasteiger partial charge is 0.306 e. The zero-order valence-electron chi connectivity index (χ0n) is 36.8. The van der Waals surface area contributed by atoms with Gasteiger partial charge in [-0.3, -0.25) is 14.4 Å². The minimum atomic E-state index is -0.760. The SMILES string of the molecule is CCCCCCCCCC(=O)OC[C@H](COC(=O)CCCCCCCCCCCCCCCCC(C)C)OC(=O)CCCCCCCCCCC(C)CC. The van der Waals surface area contributed by atoms with Crippen molar-refractivity contribution >= 4 is 17.9 Å². The quantitative estimate of drug-likeness (QED) is 0.0350. The topological polar surface area (TPSA) is 78.9 Å². The van der Waals surface area contributed by atoms with Crippen molar-refractivity contribution < 1.29 is 28.6 Å². The van der Waals surface area contributed by atoms with Crippen LogP contribution in [0, 0.1) is 11.8 Å². The number of ether oxygens (including phenoxy) is 3. The highest BCUT2D eigenvalue weighted by Crippen LogP contribution is 2.17. The summed E-state index contributed by atoms with van der Waals surface area (Å²) in [7, 11) is 0. The van der Waals surface area contributed by atoms with Crippen molar-refractivity contribution in [2.24, 2.45) is 11.8 Å². The second-order valence-electron chi connectivity index (χ2n) is 17.1. The molecular formula is C48H92O6. The van der Waals surface area contributed by atoms with Gasteiger partial charge in [-0.25, -0.2) is 0 Å². The van der Waals surface area contributed by atoms with E-state index in [1.165, 1.54) is 148 Å². The maximum absolute atomic E-state index is 12.7. The van der Waals surface area contributed by atoms with Crippen molar-refractivity contribution in [1.29, 1.82) is 0 Å². The Kier molecular flexibility index (Phi) is 39.8. The molecule has 0 aromatic carbocycles. The van der Waals surface area contributed by atoms with Gasteiger partial charge in [-0.1, -0.05) is 221 Å². The maximum atomic E-state index is 12.7. The van der Waals surface area contributed by atoms with E-state index >= 15 is 0 Å². The van der Waals surface area contributed by atoms with Gasteiger partial charge in [-0.05, 0) is 31.1 Å². The molecule has 0 amide bonds. The molecule has 1 unspecified atom stereocenters. The highest BCUT2D eigenvalue weighted by molar-refractivity contribution is 5.71. The molecule has 0 saturated carbocycles. The predicted octanol–water partition coefficient (Wildman–Crippen LogP) is 15.0. The molecule has 0 N–H and O–H groups in total. The first-order valence-electron chi connectivity index (χ1n) is 23.8. The molecular weight excluding hydrogens is 673 g/mol. The normalized spacial score (nSPS) is 12.6. The van der Waals surface area contributed by atoms with Crippen LogP contribution >= 0.6 is 0 Å². The number of hydrogen-bond acceptors (Lipinski definition) is 6. The van der Waals surface area contributed by atoms with Gasteiger partial charge in [0.1, 0.15) is 13.2 Å². The molecule has 6 nitrogen and oxygen atoms in total. The lowest BCUT2D eigenvalue weighted by Gasteiger charge is -2.18. The van der Waals surface area contributed by atoms with Crippen LogP contribution in [-0.4, -0.2) is 37.2 Å². The summed E-state index contributed by atoms with van der Waals surface area (Å²) in [6, 6.07) is 0. The molecule has 0 rings (SSSR count). The van der Waals surface area contributed by atoms with E-state index in [1.54, 1.807) is 0 Å². The molecule has 54 heavy (non-hydrogen) atoms. The van der Waals surface area contributed by atoms with Gasteiger partial charge in [0.2, 0.25) is 0 Å². The average molecular weight is 765 g/mol. The molecule has 6 heteroatoms. The van der Waals surface area contributed by atoms with Crippen molar-refractivity contribution in [2.45, 2.75) is 265 Å². The van der Waals surface area contributed by atoms with Crippen LogP contribution in [0.1, 0.15) is 259 Å². The van der Waals surface area contributed by atoms with Gasteiger partial charge in [0, 0.05) is 19.3 Å². The number of carbonyl (C=O) groups is 3. The Morgan fingerprint density at radius 2 is 0.704 bits per heavy atom. The molecule has 0 aliphatic carbocycles. The molecule has 0 aromatic heterocycles. The molecule has 0 bridgehead atoms. The first kappa shape index (κ1) is 52.4. The van der Waals surface area contributed by atoms with Crippen LogP contribution in [0.4, 0.5) is 0 Å². The molecule has 0 heterocycles. The van der Waals surface area contributed by atoms with Gasteiger partial charge < -0.3 is 14.2 Å². The fourth-order valence-corrected chi connectivity index (χ4v) is 7.07. The highest BCUT2D eigenvalue weighted by atomic mass is 16.6. The van der Waals surface area contributed by atoms with Crippen LogP contribution in [0.3, 0.4) is 0 Å². The van der Waals surface area contributed by atoms with E-state index in [0.29, 0.717) is 19.3 Å². The Bertz CT molecular complexity index is 826. The standard InChI is InChI=1S/C48H92O6/c1-6-8-9-10-21-28-33-38-46(49)52-41-45(54-48(51)40-35-30-25-20-19-23-27-32-37-44(5)7-2)42-53-47(50)39-34-29-24-18-16-14-12-11-13-15-17-22-26-31-36-43(3)4/h43-45H,6-42H2,1-5H3/t44?,45-/m1/s1. The third-order valence-corrected chi connectivity index (χ3v) is 11.1. The Labute approximate surface area is 336 Å². The van der Waals surface area contributed by atoms with Crippen LogP contribution in [0.15, 0.2) is 0 Å². The molecule has 0 fully saturated rings. The minimum Gasteiger partial charge on any atom is -0.462 e. The summed E-state index contributed by atoms with van der Waals surface area (Å²) in [5, 5.41) is 0. The van der Waals surface area contributed by atoms with E-state index < -0.39 is 6.10 Å². The Morgan fingerprint density at radius 3 is 1.06 bits per heavy atom. The van der Waals surface area contributed by atoms with Crippen molar-refractivity contribution in [2.75, 3.05) is 13.2 Å². The number of hydrogen-bond donors (Lipinski definition) is 0. The summed E-state index contributed by atoms with van der Waals surface area (Å²) in [5.41, 5.74) is 0. The summed E-state index contributed by atoms with van der Waals surface area (Å²) in [6.45, 7) is 11.3. The third-order valence-electron chi connectivity index (χ3n) is 11.1. The first-order valence-corrected chi connectivity index (χ1v) is 23.8. The first-order chi connectivity index (χ1) is 26.3. The number of carbonyl (C=O) groups excluding carboxylic acids is 3. The number of unbranched alkanes of at least 4 members (excludes halogenated alkanes) is 26. The van der Waals surface area contributed by atoms with Gasteiger partial charge in [0.15, 0.2) is 6.10 Å². The largest absolute Gasteiger partial charge is 0.462 e. The fraction of sp³-hybridized carbons (Fsp3) is 0.938. The second-order valence-corrected chi connectivity index (χ2v) is 17.1. The Balaban J connectivity index is 4.22. The Morgan fingerprint density at radius 1 is 0.389 bits per heavy atom. The van der Waals surface area contributed by atoms with Crippen molar-refractivity contribution in [3.63, 3.8) is 0 Å². The summed E-state index contributed by atoms with van der Waals surface area (Å²) in [6.07, 6.45) is 39.5. The van der Waals surface area contributed by atoms with E-state index in [1.807, 2.05) is 0 Å². The molecule has 0 aliphatic rings. The molecule has 0 radical (unpaired) electrons. The van der Waals surface area contributed by atoms with Crippen molar-refractivity contribution in [1.82, 2.24) is 0 Å². The summed E-state index contributed by atoms with van der Waals surface area (Å²) in [4.78, 5) is 37.6. The highest BCUT2D eigenvalue weighted by Gasteiger charge is 2.19. The van der Waals surface area contributed by atoms with E-state index in [-0.39, 0.29) is 31.1 Å². The van der Waals surface area contributed by atoms with Crippen LogP contribution in [0.2, 0.25) is 0 Å². The third kappa shape index (κ3) is 40.1. The van der Waals surface area contributed by atoms with Gasteiger partial charge >= 0.3 is 17.9 Å². The Hall–Kier alpha value is -1.59. The van der Waals surface area contributed by atoms with Crippen LogP contribution in [0.25, 0.3) is 0 Å². The van der Waals surface area contributed by atoms with Gasteiger partial charge in [-0.2, -0.15) is 0 Å². The van der Waals surface area contributed by atoms with E-state index in [4.69, 9.17) is 14.2 Å². The number of esters is 3. The number of rotatable bonds is 42. The van der Waals surface area contributed by atoms with Crippen molar-refractivity contribution in [3.8, 4) is 0 Å². The second kappa shape index (κ2) is 41.1. The molecule has 0 aromatic rings. The van der Waals surface area contributed by atoms with E-state index in [2.05, 4.69) is 34.6 Å². The molecule has 0 saturated heterocycles. The van der Waals surface area contributed by atoms with E-state index in [9.17, 15) is 14.4 Å². The van der Waals surface area contributed by atoms with Crippen molar-refractivity contribution in [3.05, 3.63) is 0 Å². The molecule has 0 aliphatic heterocycles. The summed E-state index contributed by atoms with van der Waals surface area (Å²) in [5.74, 6) is 0.828. The predicted molar refractivity (Wildman–Crippen MR) is 229 cm³/mol. The molecule has 2 atom stereocenters. The zero-order valence-corrected chi connectivity index (χ0v) is 36.8. The lowest BCUT2D eigenvalue weighted by atomic mass is 9.99. The molecule has 0 spiro atoms. The zero-order chi connectivity index (χ0) is 39.7. The average Bonchev–Trinajstić information content (AvgIpc) is 3.15. The van der Waals surface area contributed by atoms with E-state index in [0.717, 1.165) is 69.6 Å². The molecule has 320 valence electrons. The van der Waals surface area contributed by atoms with Crippen LogP contribution < -0.4 is 0 Å². The summed E-state index contributed by atoms with van der Waals surface area (Å²) >= 11 is 0. The van der Waals surface area contributed by atoms with Crippen LogP contribution in [0.5, 0.6) is 0 Å². The monoisotopic (exact) mass is 765 g/mol. The fourth-order valence-electron chi connectivity index (χ4n) is 7.07. The minimum absolute atomic E-state index is 0.0650. The van der Waals surface area contributed by atoms with Gasteiger partial charge in [0.05, 0.1) is 0 Å². The van der Waals surface area contributed by atoms with Gasteiger partial charge in [-0.15, -0.1) is 0 Å². The van der Waals surface area contributed by atoms with Gasteiger partial charge in [0.25, 0.3) is 0 Å². The van der Waals surface area contributed by atoms with Crippen LogP contribution in [-0.2, 0) is 28.6 Å². The lowest BCUT2D eigenvalue weighted by molar-refractivity contribution is -0.167. The lowest BCUT2D eigenvalue weighted by Crippen LogP contribution is -2.30. The summed E-state index contributed by atoms with van der Waals surface area (Å²) < 4.78 is 16.7. The maximum Gasteiger partial charge on any atom is 0.306 e.